The lowest BCUT2D eigenvalue weighted by molar-refractivity contribution is 0.0976. The van der Waals surface area contributed by atoms with E-state index in [2.05, 4.69) is 11.9 Å². The fourth-order valence-corrected chi connectivity index (χ4v) is 3.18. The lowest BCUT2D eigenvalue weighted by Crippen LogP contribution is -2.11. The smallest absolute Gasteiger partial charge is 0.192 e. The van der Waals surface area contributed by atoms with Gasteiger partial charge in [0.1, 0.15) is 5.82 Å². The number of imidazole rings is 1. The summed E-state index contributed by atoms with van der Waals surface area (Å²) in [4.78, 5) is 19.0. The fraction of sp³-hybridized carbons (Fsp3) is 0.250. The van der Waals surface area contributed by atoms with E-state index in [-0.39, 0.29) is 5.78 Å². The molecule has 0 fully saturated rings. The van der Waals surface area contributed by atoms with Crippen molar-refractivity contribution in [3.63, 3.8) is 0 Å². The van der Waals surface area contributed by atoms with Crippen molar-refractivity contribution in [2.75, 3.05) is 0 Å². The van der Waals surface area contributed by atoms with Gasteiger partial charge in [-0.3, -0.25) is 4.79 Å². The highest BCUT2D eigenvalue weighted by atomic mass is 32.1. The molecule has 0 bridgehead atoms. The van der Waals surface area contributed by atoms with E-state index in [1.54, 1.807) is 11.3 Å². The number of ketones is 1. The fourth-order valence-electron chi connectivity index (χ4n) is 2.38. The van der Waals surface area contributed by atoms with E-state index in [4.69, 9.17) is 0 Å². The Labute approximate surface area is 121 Å². The molecule has 0 aliphatic heterocycles. The number of fused-ring (bicyclic) bond motifs is 1. The van der Waals surface area contributed by atoms with Gasteiger partial charge in [-0.1, -0.05) is 19.1 Å². The van der Waals surface area contributed by atoms with Gasteiger partial charge in [0.2, 0.25) is 0 Å². The van der Waals surface area contributed by atoms with Crippen LogP contribution in [0.25, 0.3) is 11.0 Å². The number of nitrogens with zero attached hydrogens (tertiary/aromatic N) is 2. The molecule has 0 saturated heterocycles. The molecular formula is C16H16N2OS. The molecule has 0 aliphatic rings. The van der Waals surface area contributed by atoms with Crippen molar-refractivity contribution in [3.8, 4) is 0 Å². The van der Waals surface area contributed by atoms with Crippen LogP contribution < -0.4 is 0 Å². The zero-order valence-electron chi connectivity index (χ0n) is 11.6. The largest absolute Gasteiger partial charge is 0.320 e. The summed E-state index contributed by atoms with van der Waals surface area (Å²) in [7, 11) is 0. The molecule has 3 nitrogen and oxygen atoms in total. The van der Waals surface area contributed by atoms with Crippen LogP contribution in [0, 0.1) is 6.92 Å². The number of rotatable bonds is 4. The maximum absolute atomic E-state index is 12.4. The number of benzene rings is 1. The van der Waals surface area contributed by atoms with Crippen molar-refractivity contribution in [3.05, 3.63) is 52.0 Å². The van der Waals surface area contributed by atoms with E-state index in [1.807, 2.05) is 47.9 Å². The molecule has 3 rings (SSSR count). The summed E-state index contributed by atoms with van der Waals surface area (Å²) in [6.07, 6.45) is 0.825. The highest BCUT2D eigenvalue weighted by Crippen LogP contribution is 2.20. The summed E-state index contributed by atoms with van der Waals surface area (Å²) < 4.78 is 2.03. The summed E-state index contributed by atoms with van der Waals surface area (Å²) in [5, 5.41) is 0. The Morgan fingerprint density at radius 1 is 1.25 bits per heavy atom. The van der Waals surface area contributed by atoms with Gasteiger partial charge in [0, 0.05) is 11.3 Å². The minimum absolute atomic E-state index is 0.154. The van der Waals surface area contributed by atoms with Crippen LogP contribution in [0.1, 0.15) is 27.3 Å². The second-order valence-corrected chi connectivity index (χ2v) is 6.08. The first-order chi connectivity index (χ1) is 9.69. The van der Waals surface area contributed by atoms with Gasteiger partial charge in [-0.15, -0.1) is 11.3 Å². The summed E-state index contributed by atoms with van der Waals surface area (Å²) in [5.41, 5.74) is 1.99. The Morgan fingerprint density at radius 3 is 2.75 bits per heavy atom. The van der Waals surface area contributed by atoms with Crippen molar-refractivity contribution < 1.29 is 4.79 Å². The van der Waals surface area contributed by atoms with Crippen molar-refractivity contribution >= 4 is 28.2 Å². The third kappa shape index (κ3) is 2.27. The van der Waals surface area contributed by atoms with Crippen LogP contribution in [0.3, 0.4) is 0 Å². The molecule has 0 radical (unpaired) electrons. The lowest BCUT2D eigenvalue weighted by atomic mass is 10.3. The molecule has 1 aromatic carbocycles. The zero-order chi connectivity index (χ0) is 14.1. The molecule has 2 heterocycles. The molecule has 0 unspecified atom stereocenters. The highest BCUT2D eigenvalue weighted by molar-refractivity contribution is 7.14. The van der Waals surface area contributed by atoms with Crippen LogP contribution in [-0.4, -0.2) is 15.3 Å². The maximum Gasteiger partial charge on any atom is 0.192 e. The lowest BCUT2D eigenvalue weighted by Gasteiger charge is -2.06. The topological polar surface area (TPSA) is 34.9 Å². The monoisotopic (exact) mass is 284 g/mol. The number of aromatic nitrogens is 2. The van der Waals surface area contributed by atoms with Gasteiger partial charge in [0.05, 0.1) is 22.5 Å². The molecule has 0 aliphatic carbocycles. The van der Waals surface area contributed by atoms with Gasteiger partial charge in [0.15, 0.2) is 5.78 Å². The number of Topliss-reactive ketones (excluding diaryl/α,β-unsaturated/α-hetero) is 1. The minimum Gasteiger partial charge on any atom is -0.320 e. The zero-order valence-corrected chi connectivity index (χ0v) is 12.4. The Morgan fingerprint density at radius 2 is 2.05 bits per heavy atom. The molecule has 0 spiro atoms. The van der Waals surface area contributed by atoms with Gasteiger partial charge < -0.3 is 4.57 Å². The van der Waals surface area contributed by atoms with Crippen LogP contribution in [0.2, 0.25) is 0 Å². The predicted octanol–water partition coefficient (Wildman–Crippen LogP) is 3.85. The second-order valence-electron chi connectivity index (χ2n) is 4.79. The Bertz CT molecular complexity index is 770. The van der Waals surface area contributed by atoms with E-state index >= 15 is 0 Å². The molecule has 0 atom stereocenters. The third-order valence-corrected chi connectivity index (χ3v) is 4.41. The second kappa shape index (κ2) is 5.21. The van der Waals surface area contributed by atoms with Crippen molar-refractivity contribution in [2.45, 2.75) is 26.8 Å². The first kappa shape index (κ1) is 13.1. The molecule has 20 heavy (non-hydrogen) atoms. The van der Waals surface area contributed by atoms with Crippen LogP contribution in [-0.2, 0) is 13.0 Å². The highest BCUT2D eigenvalue weighted by Gasteiger charge is 2.14. The van der Waals surface area contributed by atoms with Gasteiger partial charge in [0.25, 0.3) is 0 Å². The standard InChI is InChI=1S/C16H16N2OS/c1-3-16-17-12-6-4-5-7-13(12)18(16)10-14(19)15-9-8-11(2)20-15/h4-9H,3,10H2,1-2H3. The molecule has 0 saturated carbocycles. The average molecular weight is 284 g/mol. The Kier molecular flexibility index (Phi) is 3.40. The van der Waals surface area contributed by atoms with Gasteiger partial charge in [-0.05, 0) is 31.2 Å². The molecule has 0 amide bonds. The van der Waals surface area contributed by atoms with Crippen molar-refractivity contribution in [1.29, 1.82) is 0 Å². The molecular weight excluding hydrogens is 268 g/mol. The molecule has 0 N–H and O–H groups in total. The van der Waals surface area contributed by atoms with Gasteiger partial charge in [-0.2, -0.15) is 0 Å². The molecule has 2 aromatic heterocycles. The maximum atomic E-state index is 12.4. The van der Waals surface area contributed by atoms with E-state index < -0.39 is 0 Å². The summed E-state index contributed by atoms with van der Waals surface area (Å²) in [5.74, 6) is 1.12. The van der Waals surface area contributed by atoms with Gasteiger partial charge >= 0.3 is 0 Å². The number of hydrogen-bond acceptors (Lipinski definition) is 3. The first-order valence-corrected chi connectivity index (χ1v) is 7.54. The normalized spacial score (nSPS) is 11.1. The van der Waals surface area contributed by atoms with E-state index in [1.165, 1.54) is 4.88 Å². The number of thiophene rings is 1. The van der Waals surface area contributed by atoms with Crippen molar-refractivity contribution in [2.24, 2.45) is 0 Å². The number of carbonyl (C=O) groups is 1. The quantitative estimate of drug-likeness (QED) is 0.682. The number of carbonyl (C=O) groups excluding carboxylic acids is 1. The summed E-state index contributed by atoms with van der Waals surface area (Å²) in [6, 6.07) is 11.9. The van der Waals surface area contributed by atoms with E-state index in [0.717, 1.165) is 28.2 Å². The summed E-state index contributed by atoms with van der Waals surface area (Å²) in [6.45, 7) is 4.45. The van der Waals surface area contributed by atoms with Crippen LogP contribution in [0.5, 0.6) is 0 Å². The van der Waals surface area contributed by atoms with Crippen LogP contribution >= 0.6 is 11.3 Å². The number of aryl methyl sites for hydroxylation is 2. The first-order valence-electron chi connectivity index (χ1n) is 6.73. The number of para-hydroxylation sites is 2. The van der Waals surface area contributed by atoms with Gasteiger partial charge in [-0.25, -0.2) is 4.98 Å². The molecule has 4 heteroatoms. The molecule has 3 aromatic rings. The SMILES string of the molecule is CCc1nc2ccccc2n1CC(=O)c1ccc(C)s1. The summed E-state index contributed by atoms with van der Waals surface area (Å²) >= 11 is 1.55. The van der Waals surface area contributed by atoms with E-state index in [0.29, 0.717) is 6.54 Å². The van der Waals surface area contributed by atoms with E-state index in [9.17, 15) is 4.79 Å². The average Bonchev–Trinajstić information content (AvgIpc) is 3.03. The van der Waals surface area contributed by atoms with Crippen molar-refractivity contribution in [1.82, 2.24) is 9.55 Å². The minimum atomic E-state index is 0.154. The molecule has 102 valence electrons. The van der Waals surface area contributed by atoms with Crippen LogP contribution in [0.15, 0.2) is 36.4 Å². The number of hydrogen-bond donors (Lipinski definition) is 0. The Hall–Kier alpha value is -1.94. The predicted molar refractivity (Wildman–Crippen MR) is 82.5 cm³/mol. The third-order valence-electron chi connectivity index (χ3n) is 3.37. The Balaban J connectivity index is 1.99. The van der Waals surface area contributed by atoms with Crippen LogP contribution in [0.4, 0.5) is 0 Å².